The molecule has 0 spiro atoms. The lowest BCUT2D eigenvalue weighted by molar-refractivity contribution is 0.0951. The lowest BCUT2D eigenvalue weighted by Gasteiger charge is -2.09. The number of aromatic hydroxyl groups is 1. The molecule has 16 heavy (non-hydrogen) atoms. The molecule has 1 rings (SSSR count). The Bertz CT molecular complexity index is 384. The third-order valence-corrected chi connectivity index (χ3v) is 3.10. The van der Waals surface area contributed by atoms with Crippen LogP contribution in [0.4, 0.5) is 4.39 Å². The summed E-state index contributed by atoms with van der Waals surface area (Å²) in [4.78, 5) is 11.8. The molecule has 2 N–H and O–H groups in total. The van der Waals surface area contributed by atoms with Crippen LogP contribution in [0.2, 0.25) is 0 Å². The van der Waals surface area contributed by atoms with E-state index in [4.69, 9.17) is 0 Å². The number of benzene rings is 1. The Kier molecular flexibility index (Phi) is 4.73. The van der Waals surface area contributed by atoms with Gasteiger partial charge in [-0.3, -0.25) is 4.79 Å². The highest BCUT2D eigenvalue weighted by molar-refractivity contribution is 9.09. The van der Waals surface area contributed by atoms with Crippen LogP contribution in [0.15, 0.2) is 18.2 Å². The predicted molar refractivity (Wildman–Crippen MR) is 63.4 cm³/mol. The largest absolute Gasteiger partial charge is 0.507 e. The molecule has 1 aromatic rings. The summed E-state index contributed by atoms with van der Waals surface area (Å²) in [5, 5.41) is 12.0. The average Bonchev–Trinajstić information content (AvgIpc) is 2.25. The number of halogens is 2. The standard InChI is InChI=1S/C11H13BrFNO2/c1-2-7(12)6-14-11(16)9-4-3-8(13)5-10(9)15/h3-5,7,15H,2,6H2,1H3,(H,14,16). The molecule has 0 aliphatic heterocycles. The zero-order chi connectivity index (χ0) is 12.1. The van der Waals surface area contributed by atoms with Crippen LogP contribution in [0.3, 0.4) is 0 Å². The summed E-state index contributed by atoms with van der Waals surface area (Å²) in [5.74, 6) is -1.32. The molecule has 3 nitrogen and oxygen atoms in total. The van der Waals surface area contributed by atoms with E-state index in [9.17, 15) is 14.3 Å². The molecule has 1 aromatic carbocycles. The van der Waals surface area contributed by atoms with Gasteiger partial charge in [-0.15, -0.1) is 0 Å². The quantitative estimate of drug-likeness (QED) is 0.837. The van der Waals surface area contributed by atoms with Gasteiger partial charge in [0.1, 0.15) is 11.6 Å². The smallest absolute Gasteiger partial charge is 0.255 e. The number of phenols is 1. The molecule has 0 saturated heterocycles. The molecule has 1 amide bonds. The monoisotopic (exact) mass is 289 g/mol. The molecule has 0 radical (unpaired) electrons. The van der Waals surface area contributed by atoms with E-state index in [1.165, 1.54) is 6.07 Å². The van der Waals surface area contributed by atoms with Crippen LogP contribution in [-0.2, 0) is 0 Å². The number of carbonyl (C=O) groups excluding carboxylic acids is 1. The number of alkyl halides is 1. The van der Waals surface area contributed by atoms with Crippen LogP contribution in [0, 0.1) is 5.82 Å². The van der Waals surface area contributed by atoms with E-state index < -0.39 is 11.7 Å². The summed E-state index contributed by atoms with van der Waals surface area (Å²) >= 11 is 3.37. The highest BCUT2D eigenvalue weighted by Crippen LogP contribution is 2.17. The lowest BCUT2D eigenvalue weighted by atomic mass is 10.2. The fourth-order valence-electron chi connectivity index (χ4n) is 1.14. The molecule has 88 valence electrons. The topological polar surface area (TPSA) is 49.3 Å². The van der Waals surface area contributed by atoms with Crippen molar-refractivity contribution in [2.24, 2.45) is 0 Å². The van der Waals surface area contributed by atoms with Gasteiger partial charge in [-0.2, -0.15) is 0 Å². The minimum atomic E-state index is -0.569. The van der Waals surface area contributed by atoms with Gasteiger partial charge in [0, 0.05) is 17.4 Å². The molecule has 1 unspecified atom stereocenters. The minimum Gasteiger partial charge on any atom is -0.507 e. The molecule has 1 atom stereocenters. The van der Waals surface area contributed by atoms with Crippen molar-refractivity contribution in [1.82, 2.24) is 5.32 Å². The first-order chi connectivity index (χ1) is 7.54. The van der Waals surface area contributed by atoms with Crippen LogP contribution >= 0.6 is 15.9 Å². The van der Waals surface area contributed by atoms with Gasteiger partial charge >= 0.3 is 0 Å². The predicted octanol–water partition coefficient (Wildman–Crippen LogP) is 2.43. The van der Waals surface area contributed by atoms with E-state index in [0.717, 1.165) is 18.6 Å². The maximum Gasteiger partial charge on any atom is 0.255 e. The van der Waals surface area contributed by atoms with E-state index in [2.05, 4.69) is 21.2 Å². The van der Waals surface area contributed by atoms with Crippen LogP contribution in [0.1, 0.15) is 23.7 Å². The Morgan fingerprint density at radius 3 is 2.88 bits per heavy atom. The van der Waals surface area contributed by atoms with Crippen LogP contribution < -0.4 is 5.32 Å². The summed E-state index contributed by atoms with van der Waals surface area (Å²) < 4.78 is 12.7. The molecule has 5 heteroatoms. The number of amides is 1. The van der Waals surface area contributed by atoms with Gasteiger partial charge in [-0.1, -0.05) is 22.9 Å². The second-order valence-electron chi connectivity index (χ2n) is 3.38. The highest BCUT2D eigenvalue weighted by Gasteiger charge is 2.12. The fourth-order valence-corrected chi connectivity index (χ4v) is 1.30. The van der Waals surface area contributed by atoms with Crippen molar-refractivity contribution in [3.8, 4) is 5.75 Å². The minimum absolute atomic E-state index is 0.0807. The number of rotatable bonds is 4. The van der Waals surface area contributed by atoms with E-state index in [1.807, 2.05) is 6.92 Å². The number of phenolic OH excluding ortho intramolecular Hbond substituents is 1. The van der Waals surface area contributed by atoms with Crippen LogP contribution in [-0.4, -0.2) is 22.4 Å². The van der Waals surface area contributed by atoms with Gasteiger partial charge in [-0.25, -0.2) is 4.39 Å². The molecule has 0 bridgehead atoms. The van der Waals surface area contributed by atoms with Gasteiger partial charge in [0.05, 0.1) is 5.56 Å². The fraction of sp³-hybridized carbons (Fsp3) is 0.364. The summed E-state index contributed by atoms with van der Waals surface area (Å²) in [6.45, 7) is 2.45. The Labute approximate surface area is 102 Å². The maximum atomic E-state index is 12.7. The normalized spacial score (nSPS) is 12.2. The van der Waals surface area contributed by atoms with E-state index in [1.54, 1.807) is 0 Å². The third-order valence-electron chi connectivity index (χ3n) is 2.13. The van der Waals surface area contributed by atoms with Gasteiger partial charge < -0.3 is 10.4 Å². The Morgan fingerprint density at radius 1 is 1.62 bits per heavy atom. The lowest BCUT2D eigenvalue weighted by Crippen LogP contribution is -2.29. The third kappa shape index (κ3) is 3.48. The van der Waals surface area contributed by atoms with E-state index >= 15 is 0 Å². The number of hydrogen-bond donors (Lipinski definition) is 2. The number of nitrogens with one attached hydrogen (secondary N) is 1. The van der Waals surface area contributed by atoms with Crippen molar-refractivity contribution >= 4 is 21.8 Å². The molecule has 0 fully saturated rings. The van der Waals surface area contributed by atoms with Crippen LogP contribution in [0.25, 0.3) is 0 Å². The molecule has 0 heterocycles. The van der Waals surface area contributed by atoms with Crippen molar-refractivity contribution in [2.75, 3.05) is 6.54 Å². The van der Waals surface area contributed by atoms with Crippen molar-refractivity contribution in [1.29, 1.82) is 0 Å². The molecular formula is C11H13BrFNO2. The summed E-state index contributed by atoms with van der Waals surface area (Å²) in [7, 11) is 0. The van der Waals surface area contributed by atoms with Crippen molar-refractivity contribution in [2.45, 2.75) is 18.2 Å². The van der Waals surface area contributed by atoms with Gasteiger partial charge in [0.25, 0.3) is 5.91 Å². The van der Waals surface area contributed by atoms with Crippen molar-refractivity contribution < 1.29 is 14.3 Å². The van der Waals surface area contributed by atoms with Crippen LogP contribution in [0.5, 0.6) is 5.75 Å². The zero-order valence-corrected chi connectivity index (χ0v) is 10.4. The Hall–Kier alpha value is -1.10. The molecule has 0 saturated carbocycles. The SMILES string of the molecule is CCC(Br)CNC(=O)c1ccc(F)cc1O. The number of hydrogen-bond acceptors (Lipinski definition) is 2. The highest BCUT2D eigenvalue weighted by atomic mass is 79.9. The summed E-state index contributed by atoms with van der Waals surface area (Å²) in [6, 6.07) is 3.32. The Balaban J connectivity index is 2.66. The first-order valence-corrected chi connectivity index (χ1v) is 5.87. The van der Waals surface area contributed by atoms with Crippen molar-refractivity contribution in [3.05, 3.63) is 29.6 Å². The van der Waals surface area contributed by atoms with Gasteiger partial charge in [-0.05, 0) is 18.6 Å². The van der Waals surface area contributed by atoms with Gasteiger partial charge in [0.2, 0.25) is 0 Å². The second kappa shape index (κ2) is 5.84. The molecular weight excluding hydrogens is 277 g/mol. The molecule has 0 aromatic heterocycles. The number of carbonyl (C=O) groups is 1. The second-order valence-corrected chi connectivity index (χ2v) is 4.67. The first kappa shape index (κ1) is 13.0. The zero-order valence-electron chi connectivity index (χ0n) is 8.84. The van der Waals surface area contributed by atoms with Gasteiger partial charge in [0.15, 0.2) is 0 Å². The maximum absolute atomic E-state index is 12.7. The van der Waals surface area contributed by atoms with E-state index in [0.29, 0.717) is 6.54 Å². The summed E-state index contributed by atoms with van der Waals surface area (Å²) in [6.07, 6.45) is 0.885. The molecule has 0 aliphatic carbocycles. The average molecular weight is 290 g/mol. The summed E-state index contributed by atoms with van der Waals surface area (Å²) in [5.41, 5.74) is 0.0807. The van der Waals surface area contributed by atoms with Crippen molar-refractivity contribution in [3.63, 3.8) is 0 Å². The van der Waals surface area contributed by atoms with E-state index in [-0.39, 0.29) is 16.1 Å². The first-order valence-electron chi connectivity index (χ1n) is 4.95. The Morgan fingerprint density at radius 2 is 2.31 bits per heavy atom. The molecule has 0 aliphatic rings.